The number of aryl methyl sites for hydroxylation is 1. The number of hydrogen-bond acceptors (Lipinski definition) is 6. The summed E-state index contributed by atoms with van der Waals surface area (Å²) in [4.78, 5) is 26.4. The van der Waals surface area contributed by atoms with E-state index >= 15 is 0 Å². The summed E-state index contributed by atoms with van der Waals surface area (Å²) in [6.45, 7) is 2.62. The SMILES string of the molecule is Cc1cc(-c2cnc(N(C)C)nc2C2CCCCN2C(=O)Cc2ccccc2)on1. The number of piperidine rings is 1. The lowest BCUT2D eigenvalue weighted by molar-refractivity contribution is -0.134. The first-order valence-corrected chi connectivity index (χ1v) is 10.3. The predicted octanol–water partition coefficient (Wildman–Crippen LogP) is 3.80. The van der Waals surface area contributed by atoms with Crippen LogP contribution in [0, 0.1) is 6.92 Å². The molecule has 0 N–H and O–H groups in total. The maximum absolute atomic E-state index is 13.3. The lowest BCUT2D eigenvalue weighted by Gasteiger charge is -2.36. The van der Waals surface area contributed by atoms with Gasteiger partial charge in [0, 0.05) is 32.9 Å². The van der Waals surface area contributed by atoms with Crippen molar-refractivity contribution in [2.45, 2.75) is 38.6 Å². The van der Waals surface area contributed by atoms with Gasteiger partial charge in [0.25, 0.3) is 0 Å². The summed E-state index contributed by atoms with van der Waals surface area (Å²) in [5, 5.41) is 4.03. The molecule has 4 rings (SSSR count). The molecule has 7 heteroatoms. The van der Waals surface area contributed by atoms with Crippen LogP contribution in [0.2, 0.25) is 0 Å². The second kappa shape index (κ2) is 8.65. The van der Waals surface area contributed by atoms with Gasteiger partial charge in [0.2, 0.25) is 11.9 Å². The summed E-state index contributed by atoms with van der Waals surface area (Å²) in [6, 6.07) is 11.7. The van der Waals surface area contributed by atoms with Crippen molar-refractivity contribution in [2.75, 3.05) is 25.5 Å². The molecule has 30 heavy (non-hydrogen) atoms. The van der Waals surface area contributed by atoms with Crippen molar-refractivity contribution in [1.29, 1.82) is 0 Å². The fraction of sp³-hybridized carbons (Fsp3) is 0.391. The summed E-state index contributed by atoms with van der Waals surface area (Å²) in [7, 11) is 3.83. The van der Waals surface area contributed by atoms with Crippen molar-refractivity contribution in [2.24, 2.45) is 0 Å². The van der Waals surface area contributed by atoms with E-state index in [1.807, 2.05) is 67.2 Å². The third-order valence-electron chi connectivity index (χ3n) is 5.44. The van der Waals surface area contributed by atoms with Gasteiger partial charge in [-0.15, -0.1) is 0 Å². The first-order chi connectivity index (χ1) is 14.5. The van der Waals surface area contributed by atoms with E-state index in [2.05, 4.69) is 10.1 Å². The third kappa shape index (κ3) is 4.20. The first kappa shape index (κ1) is 20.1. The van der Waals surface area contributed by atoms with E-state index in [1.54, 1.807) is 6.20 Å². The summed E-state index contributed by atoms with van der Waals surface area (Å²) >= 11 is 0. The van der Waals surface area contributed by atoms with Gasteiger partial charge in [-0.25, -0.2) is 9.97 Å². The number of nitrogens with zero attached hydrogens (tertiary/aromatic N) is 5. The molecule has 7 nitrogen and oxygen atoms in total. The standard InChI is InChI=1S/C23H27N5O2/c1-16-13-20(30-26-16)18-15-24-23(27(2)3)25-22(18)19-11-7-8-12-28(19)21(29)14-17-9-5-4-6-10-17/h4-6,9-10,13,15,19H,7-8,11-12,14H2,1-3H3. The molecule has 0 saturated carbocycles. The van der Waals surface area contributed by atoms with Crippen molar-refractivity contribution in [3.63, 3.8) is 0 Å². The Morgan fingerprint density at radius 1 is 1.23 bits per heavy atom. The van der Waals surface area contributed by atoms with E-state index in [9.17, 15) is 4.79 Å². The molecular formula is C23H27N5O2. The van der Waals surface area contributed by atoms with Crippen molar-refractivity contribution >= 4 is 11.9 Å². The van der Waals surface area contributed by atoms with Crippen molar-refractivity contribution < 1.29 is 9.32 Å². The van der Waals surface area contributed by atoms with Crippen LogP contribution in [0.25, 0.3) is 11.3 Å². The Morgan fingerprint density at radius 3 is 2.73 bits per heavy atom. The highest BCUT2D eigenvalue weighted by molar-refractivity contribution is 5.79. The largest absolute Gasteiger partial charge is 0.356 e. The molecule has 1 atom stereocenters. The van der Waals surface area contributed by atoms with E-state index in [1.165, 1.54) is 0 Å². The zero-order valence-corrected chi connectivity index (χ0v) is 17.7. The van der Waals surface area contributed by atoms with Gasteiger partial charge in [0.05, 0.1) is 29.4 Å². The van der Waals surface area contributed by atoms with Gasteiger partial charge < -0.3 is 14.3 Å². The fourth-order valence-electron chi connectivity index (χ4n) is 3.92. The van der Waals surface area contributed by atoms with Gasteiger partial charge >= 0.3 is 0 Å². The van der Waals surface area contributed by atoms with E-state index in [4.69, 9.17) is 9.51 Å². The molecule has 0 radical (unpaired) electrons. The molecule has 0 aliphatic carbocycles. The molecule has 3 heterocycles. The normalized spacial score (nSPS) is 16.5. The molecule has 1 aliphatic heterocycles. The van der Waals surface area contributed by atoms with E-state index in [0.29, 0.717) is 18.1 Å². The molecule has 1 unspecified atom stereocenters. The highest BCUT2D eigenvalue weighted by Gasteiger charge is 2.32. The van der Waals surface area contributed by atoms with Gasteiger partial charge in [-0.2, -0.15) is 0 Å². The van der Waals surface area contributed by atoms with Crippen LogP contribution in [-0.4, -0.2) is 46.6 Å². The molecule has 1 amide bonds. The van der Waals surface area contributed by atoms with E-state index in [-0.39, 0.29) is 11.9 Å². The Hall–Kier alpha value is -3.22. The van der Waals surface area contributed by atoms with Crippen LogP contribution in [-0.2, 0) is 11.2 Å². The zero-order chi connectivity index (χ0) is 21.1. The van der Waals surface area contributed by atoms with Crippen LogP contribution in [0.15, 0.2) is 47.1 Å². The average Bonchev–Trinajstić information content (AvgIpc) is 3.20. The molecule has 1 fully saturated rings. The Morgan fingerprint density at radius 2 is 2.03 bits per heavy atom. The summed E-state index contributed by atoms with van der Waals surface area (Å²) in [6.07, 6.45) is 5.09. The average molecular weight is 406 g/mol. The quantitative estimate of drug-likeness (QED) is 0.643. The number of hydrogen-bond donors (Lipinski definition) is 0. The van der Waals surface area contributed by atoms with Crippen LogP contribution in [0.4, 0.5) is 5.95 Å². The highest BCUT2D eigenvalue weighted by atomic mass is 16.5. The van der Waals surface area contributed by atoms with Crippen molar-refractivity contribution in [3.05, 3.63) is 59.5 Å². The highest BCUT2D eigenvalue weighted by Crippen LogP contribution is 2.36. The number of rotatable bonds is 5. The molecule has 1 aliphatic rings. The molecule has 3 aromatic rings. The van der Waals surface area contributed by atoms with Crippen LogP contribution in [0.5, 0.6) is 0 Å². The predicted molar refractivity (Wildman–Crippen MR) is 115 cm³/mol. The topological polar surface area (TPSA) is 75.4 Å². The Bertz CT molecular complexity index is 1020. The minimum Gasteiger partial charge on any atom is -0.356 e. The minimum absolute atomic E-state index is 0.114. The molecule has 1 saturated heterocycles. The van der Waals surface area contributed by atoms with Crippen LogP contribution in [0.3, 0.4) is 0 Å². The Kier molecular flexibility index (Phi) is 5.79. The van der Waals surface area contributed by atoms with Gasteiger partial charge in [-0.05, 0) is 31.7 Å². The Labute approximate surface area is 176 Å². The number of aromatic nitrogens is 3. The lowest BCUT2D eigenvalue weighted by Crippen LogP contribution is -2.40. The smallest absolute Gasteiger partial charge is 0.227 e. The third-order valence-corrected chi connectivity index (χ3v) is 5.44. The number of carbonyl (C=O) groups is 1. The van der Waals surface area contributed by atoms with E-state index < -0.39 is 0 Å². The Balaban J connectivity index is 1.72. The van der Waals surface area contributed by atoms with Crippen molar-refractivity contribution in [1.82, 2.24) is 20.0 Å². The second-order valence-electron chi connectivity index (χ2n) is 7.96. The molecular weight excluding hydrogens is 378 g/mol. The van der Waals surface area contributed by atoms with Crippen LogP contribution >= 0.6 is 0 Å². The van der Waals surface area contributed by atoms with Gasteiger partial charge in [0.1, 0.15) is 0 Å². The van der Waals surface area contributed by atoms with Crippen LogP contribution in [0.1, 0.15) is 42.3 Å². The minimum atomic E-state index is -0.114. The summed E-state index contributed by atoms with van der Waals surface area (Å²) in [5.41, 5.74) is 3.44. The number of anilines is 1. The maximum atomic E-state index is 13.3. The fourth-order valence-corrected chi connectivity index (χ4v) is 3.92. The molecule has 156 valence electrons. The molecule has 1 aromatic carbocycles. The van der Waals surface area contributed by atoms with E-state index in [0.717, 1.165) is 48.3 Å². The molecule has 0 bridgehead atoms. The van der Waals surface area contributed by atoms with Gasteiger partial charge in [-0.1, -0.05) is 35.5 Å². The van der Waals surface area contributed by atoms with Crippen molar-refractivity contribution in [3.8, 4) is 11.3 Å². The zero-order valence-electron chi connectivity index (χ0n) is 17.7. The molecule has 0 spiro atoms. The second-order valence-corrected chi connectivity index (χ2v) is 7.96. The summed E-state index contributed by atoms with van der Waals surface area (Å²) < 4.78 is 5.53. The number of amides is 1. The van der Waals surface area contributed by atoms with Gasteiger partial charge in [-0.3, -0.25) is 4.79 Å². The molecule has 2 aromatic heterocycles. The summed E-state index contributed by atoms with van der Waals surface area (Å²) in [5.74, 6) is 1.37. The van der Waals surface area contributed by atoms with Gasteiger partial charge in [0.15, 0.2) is 5.76 Å². The first-order valence-electron chi connectivity index (χ1n) is 10.3. The maximum Gasteiger partial charge on any atom is 0.227 e. The lowest BCUT2D eigenvalue weighted by atomic mass is 9.95. The number of benzene rings is 1. The number of carbonyl (C=O) groups excluding carboxylic acids is 1. The van der Waals surface area contributed by atoms with Crippen LogP contribution < -0.4 is 4.90 Å². The number of likely N-dealkylation sites (tertiary alicyclic amines) is 1. The monoisotopic (exact) mass is 405 g/mol.